The largest absolute Gasteiger partial charge is 0.481 e. The third kappa shape index (κ3) is 6.15. The van der Waals surface area contributed by atoms with Crippen LogP contribution in [0.5, 0.6) is 0 Å². The molecule has 0 amide bonds. The van der Waals surface area contributed by atoms with E-state index in [2.05, 4.69) is 54.5 Å². The van der Waals surface area contributed by atoms with E-state index in [0.29, 0.717) is 18.4 Å². The van der Waals surface area contributed by atoms with Gasteiger partial charge in [0.25, 0.3) is 0 Å². The van der Waals surface area contributed by atoms with Crippen LogP contribution in [-0.4, -0.2) is 34.9 Å². The van der Waals surface area contributed by atoms with Crippen molar-refractivity contribution < 1.29 is 24.5 Å². The number of hydrogen-bond acceptors (Lipinski definition) is 4. The van der Waals surface area contributed by atoms with Crippen LogP contribution in [0.15, 0.2) is 11.6 Å². The molecule has 5 heteroatoms. The molecule has 0 saturated heterocycles. The highest BCUT2D eigenvalue weighted by atomic mass is 16.5. The van der Waals surface area contributed by atoms with E-state index in [1.54, 1.807) is 5.57 Å². The van der Waals surface area contributed by atoms with Crippen LogP contribution in [0.25, 0.3) is 0 Å². The molecule has 46 heavy (non-hydrogen) atoms. The Bertz CT molecular complexity index is 1150. The SMILES string of the molecule is CC1(C)CC[C@]2(C(=O)OCCCCCCCCCCC(=O)O)CC[C@]3(C)C(=CC[C@@H]4[C@@]5(C)CC[C@H](O)C(C)(C)[C@@H]5CC[C@]43C)[C@@H]2C1. The van der Waals surface area contributed by atoms with E-state index < -0.39 is 5.97 Å². The molecule has 0 spiro atoms. The van der Waals surface area contributed by atoms with Gasteiger partial charge >= 0.3 is 11.9 Å². The molecule has 5 aliphatic carbocycles. The Labute approximate surface area is 281 Å². The van der Waals surface area contributed by atoms with Crippen molar-refractivity contribution in [1.29, 1.82) is 0 Å². The van der Waals surface area contributed by atoms with Crippen molar-refractivity contribution in [2.45, 2.75) is 177 Å². The van der Waals surface area contributed by atoms with Gasteiger partial charge in [0.1, 0.15) is 0 Å². The molecule has 4 fully saturated rings. The molecule has 0 aromatic heterocycles. The lowest BCUT2D eigenvalue weighted by Gasteiger charge is -2.71. The van der Waals surface area contributed by atoms with E-state index in [0.717, 1.165) is 96.3 Å². The van der Waals surface area contributed by atoms with Gasteiger partial charge in [0.15, 0.2) is 0 Å². The molecule has 5 aliphatic rings. The highest BCUT2D eigenvalue weighted by molar-refractivity contribution is 5.78. The van der Waals surface area contributed by atoms with Crippen LogP contribution in [0.4, 0.5) is 0 Å². The number of rotatable bonds is 12. The van der Waals surface area contributed by atoms with E-state index in [-0.39, 0.29) is 56.9 Å². The van der Waals surface area contributed by atoms with Crippen LogP contribution in [-0.2, 0) is 14.3 Å². The minimum atomic E-state index is -0.694. The molecule has 0 bridgehead atoms. The predicted molar refractivity (Wildman–Crippen MR) is 185 cm³/mol. The average molecular weight is 641 g/mol. The number of carboxylic acid groups (broad SMARTS) is 1. The number of ether oxygens (including phenoxy) is 1. The Kier molecular flexibility index (Phi) is 10.3. The fraction of sp³-hybridized carbons (Fsp3) is 0.902. The van der Waals surface area contributed by atoms with Gasteiger partial charge < -0.3 is 14.9 Å². The van der Waals surface area contributed by atoms with E-state index in [1.807, 2.05) is 0 Å². The van der Waals surface area contributed by atoms with Gasteiger partial charge in [-0.25, -0.2) is 0 Å². The number of allylic oxidation sites excluding steroid dienone is 2. The Balaban J connectivity index is 1.26. The first-order valence-corrected chi connectivity index (χ1v) is 19.3. The zero-order chi connectivity index (χ0) is 33.6. The quantitative estimate of drug-likeness (QED) is 0.126. The fourth-order valence-electron chi connectivity index (χ4n) is 12.3. The van der Waals surface area contributed by atoms with Gasteiger partial charge in [-0.15, -0.1) is 0 Å². The maximum Gasteiger partial charge on any atom is 0.312 e. The average Bonchev–Trinajstić information content (AvgIpc) is 2.98. The zero-order valence-electron chi connectivity index (χ0n) is 30.6. The second kappa shape index (κ2) is 13.2. The molecule has 0 aromatic carbocycles. The highest BCUT2D eigenvalue weighted by Crippen LogP contribution is 2.75. The molecule has 0 radical (unpaired) electrons. The molecule has 0 aliphatic heterocycles. The minimum absolute atomic E-state index is 0.0403. The molecule has 0 heterocycles. The van der Waals surface area contributed by atoms with Crippen molar-refractivity contribution >= 4 is 11.9 Å². The van der Waals surface area contributed by atoms with Crippen molar-refractivity contribution in [2.75, 3.05) is 6.61 Å². The summed E-state index contributed by atoms with van der Waals surface area (Å²) >= 11 is 0. The lowest BCUT2D eigenvalue weighted by molar-refractivity contribution is -0.206. The summed E-state index contributed by atoms with van der Waals surface area (Å²) in [5.41, 5.74) is 1.95. The number of carboxylic acids is 1. The Morgan fingerprint density at radius 1 is 0.783 bits per heavy atom. The summed E-state index contributed by atoms with van der Waals surface area (Å²) < 4.78 is 6.21. The van der Waals surface area contributed by atoms with Gasteiger partial charge in [0.2, 0.25) is 0 Å². The van der Waals surface area contributed by atoms with Crippen molar-refractivity contribution in [3.8, 4) is 0 Å². The summed E-state index contributed by atoms with van der Waals surface area (Å²) in [6, 6.07) is 0. The maximum atomic E-state index is 14.2. The van der Waals surface area contributed by atoms with Gasteiger partial charge in [-0.05, 0) is 122 Å². The molecule has 262 valence electrons. The first-order valence-electron chi connectivity index (χ1n) is 19.3. The molecule has 5 rings (SSSR count). The zero-order valence-corrected chi connectivity index (χ0v) is 30.6. The molecular weight excluding hydrogens is 572 g/mol. The van der Waals surface area contributed by atoms with E-state index in [1.165, 1.54) is 19.3 Å². The summed E-state index contributed by atoms with van der Waals surface area (Å²) in [5, 5.41) is 19.8. The maximum absolute atomic E-state index is 14.2. The Morgan fingerprint density at radius 2 is 1.41 bits per heavy atom. The Morgan fingerprint density at radius 3 is 2.09 bits per heavy atom. The smallest absolute Gasteiger partial charge is 0.312 e. The molecule has 0 unspecified atom stereocenters. The topological polar surface area (TPSA) is 83.8 Å². The van der Waals surface area contributed by atoms with Gasteiger partial charge in [-0.3, -0.25) is 9.59 Å². The fourth-order valence-corrected chi connectivity index (χ4v) is 12.3. The number of aliphatic carboxylic acids is 1. The minimum Gasteiger partial charge on any atom is -0.481 e. The number of aliphatic hydroxyl groups is 1. The number of aliphatic hydroxyl groups excluding tert-OH is 1. The standard InChI is InChI=1S/C41H68O5/c1-36(2)23-25-41(35(45)46-27-15-13-11-9-8-10-12-14-16-34(43)44)26-24-39(6)29(30(41)28-36)17-18-32-38(5)21-20-33(42)37(3,4)31(38)19-22-40(32,39)7/h17,30-33,42H,8-16,18-28H2,1-7H3,(H,43,44)/t30-,31-,32+,33-,38-,39+,40+,41-/m0/s1. The third-order valence-electron chi connectivity index (χ3n) is 15.5. The van der Waals surface area contributed by atoms with Crippen LogP contribution in [0.1, 0.15) is 170 Å². The predicted octanol–water partition coefficient (Wildman–Crippen LogP) is 10.3. The monoisotopic (exact) mass is 641 g/mol. The first-order chi connectivity index (χ1) is 21.5. The van der Waals surface area contributed by atoms with E-state index >= 15 is 0 Å². The van der Waals surface area contributed by atoms with Crippen molar-refractivity contribution in [3.05, 3.63) is 11.6 Å². The van der Waals surface area contributed by atoms with Crippen LogP contribution in [0.3, 0.4) is 0 Å². The molecule has 5 nitrogen and oxygen atoms in total. The van der Waals surface area contributed by atoms with Crippen molar-refractivity contribution in [2.24, 2.45) is 50.2 Å². The summed E-state index contributed by atoms with van der Waals surface area (Å²) in [4.78, 5) is 24.9. The number of hydrogen-bond donors (Lipinski definition) is 2. The van der Waals surface area contributed by atoms with Gasteiger partial charge in [0, 0.05) is 6.42 Å². The van der Waals surface area contributed by atoms with Crippen molar-refractivity contribution in [3.63, 3.8) is 0 Å². The number of unbranched alkanes of at least 4 members (excludes halogenated alkanes) is 7. The lowest BCUT2D eigenvalue weighted by Crippen LogP contribution is -2.65. The number of esters is 1. The molecule has 4 saturated carbocycles. The molecule has 8 atom stereocenters. The van der Waals surface area contributed by atoms with E-state index in [4.69, 9.17) is 9.84 Å². The van der Waals surface area contributed by atoms with E-state index in [9.17, 15) is 14.7 Å². The van der Waals surface area contributed by atoms with Gasteiger partial charge in [0.05, 0.1) is 18.1 Å². The van der Waals surface area contributed by atoms with Crippen LogP contribution < -0.4 is 0 Å². The summed E-state index contributed by atoms with van der Waals surface area (Å²) in [6.45, 7) is 17.8. The third-order valence-corrected chi connectivity index (χ3v) is 15.5. The second-order valence-electron chi connectivity index (χ2n) is 18.9. The summed E-state index contributed by atoms with van der Waals surface area (Å²) in [7, 11) is 0. The molecule has 0 aromatic rings. The van der Waals surface area contributed by atoms with Gasteiger partial charge in [-0.2, -0.15) is 0 Å². The lowest BCUT2D eigenvalue weighted by atomic mass is 9.33. The normalized spacial score (nSPS) is 40.8. The number of carbonyl (C=O) groups is 2. The summed E-state index contributed by atoms with van der Waals surface area (Å²) in [5.74, 6) is 0.827. The van der Waals surface area contributed by atoms with Crippen molar-refractivity contribution in [1.82, 2.24) is 0 Å². The van der Waals surface area contributed by atoms with Crippen LogP contribution in [0, 0.1) is 50.2 Å². The van der Waals surface area contributed by atoms with Gasteiger partial charge in [-0.1, -0.05) is 98.6 Å². The number of carbonyl (C=O) groups excluding carboxylic acids is 1. The highest BCUT2D eigenvalue weighted by Gasteiger charge is 2.69. The number of fused-ring (bicyclic) bond motifs is 7. The summed E-state index contributed by atoms with van der Waals surface area (Å²) in [6.07, 6.45) is 21.9. The van der Waals surface area contributed by atoms with Crippen LogP contribution >= 0.6 is 0 Å². The molecular formula is C41H68O5. The second-order valence-corrected chi connectivity index (χ2v) is 18.9. The van der Waals surface area contributed by atoms with Crippen LogP contribution in [0.2, 0.25) is 0 Å². The molecule has 2 N–H and O–H groups in total. The Hall–Kier alpha value is -1.36. The first kappa shape index (κ1) is 35.9.